The number of amides is 1. The lowest BCUT2D eigenvalue weighted by molar-refractivity contribution is -0.134. The second-order valence-corrected chi connectivity index (χ2v) is 5.95. The Balaban J connectivity index is 1.63. The summed E-state index contributed by atoms with van der Waals surface area (Å²) in [6.07, 6.45) is 1.95. The van der Waals surface area contributed by atoms with Crippen LogP contribution in [0.1, 0.15) is 24.0 Å². The number of rotatable bonds is 6. The predicted molar refractivity (Wildman–Crippen MR) is 86.6 cm³/mol. The van der Waals surface area contributed by atoms with Crippen LogP contribution in [-0.2, 0) is 11.3 Å². The van der Waals surface area contributed by atoms with Crippen LogP contribution in [0.15, 0.2) is 48.5 Å². The molecule has 0 aliphatic heterocycles. The number of ether oxygens (including phenoxy) is 1. The van der Waals surface area contributed by atoms with E-state index in [2.05, 4.69) is 0 Å². The van der Waals surface area contributed by atoms with Crippen LogP contribution in [0.3, 0.4) is 0 Å². The van der Waals surface area contributed by atoms with Crippen molar-refractivity contribution in [2.24, 2.45) is 0 Å². The van der Waals surface area contributed by atoms with Crippen molar-refractivity contribution < 1.29 is 13.9 Å². The van der Waals surface area contributed by atoms with Crippen LogP contribution >= 0.6 is 0 Å². The molecular formula is C19H20FNO2. The SMILES string of the molecule is Cc1ccc(OCC(=O)N(Cc2ccccc2F)C2CC2)cc1. The predicted octanol–water partition coefficient (Wildman–Crippen LogP) is 3.70. The quantitative estimate of drug-likeness (QED) is 0.814. The summed E-state index contributed by atoms with van der Waals surface area (Å²) < 4.78 is 19.4. The molecule has 0 heterocycles. The van der Waals surface area contributed by atoms with Crippen LogP contribution in [0.5, 0.6) is 5.75 Å². The molecule has 23 heavy (non-hydrogen) atoms. The summed E-state index contributed by atoms with van der Waals surface area (Å²) in [4.78, 5) is 14.2. The number of carbonyl (C=O) groups excluding carboxylic acids is 1. The molecule has 120 valence electrons. The molecule has 0 N–H and O–H groups in total. The van der Waals surface area contributed by atoms with Crippen molar-refractivity contribution in [1.82, 2.24) is 4.90 Å². The van der Waals surface area contributed by atoms with Crippen LogP contribution in [0.25, 0.3) is 0 Å². The summed E-state index contributed by atoms with van der Waals surface area (Å²) in [5.74, 6) is 0.298. The van der Waals surface area contributed by atoms with Crippen molar-refractivity contribution in [3.63, 3.8) is 0 Å². The number of carbonyl (C=O) groups is 1. The van der Waals surface area contributed by atoms with Gasteiger partial charge in [-0.25, -0.2) is 4.39 Å². The first-order valence-electron chi connectivity index (χ1n) is 7.86. The lowest BCUT2D eigenvalue weighted by Gasteiger charge is -2.23. The fourth-order valence-electron chi connectivity index (χ4n) is 2.48. The van der Waals surface area contributed by atoms with Gasteiger partial charge in [0.2, 0.25) is 0 Å². The van der Waals surface area contributed by atoms with Crippen molar-refractivity contribution in [2.45, 2.75) is 32.4 Å². The highest BCUT2D eigenvalue weighted by Gasteiger charge is 2.33. The Morgan fingerprint density at radius 3 is 2.52 bits per heavy atom. The summed E-state index contributed by atoms with van der Waals surface area (Å²) in [7, 11) is 0. The number of hydrogen-bond acceptors (Lipinski definition) is 2. The van der Waals surface area contributed by atoms with Crippen LogP contribution in [0.4, 0.5) is 4.39 Å². The molecule has 1 amide bonds. The molecule has 1 saturated carbocycles. The third kappa shape index (κ3) is 4.09. The van der Waals surface area contributed by atoms with E-state index in [4.69, 9.17) is 4.74 Å². The number of hydrogen-bond donors (Lipinski definition) is 0. The molecule has 0 bridgehead atoms. The Kier molecular flexibility index (Phi) is 4.60. The zero-order valence-corrected chi connectivity index (χ0v) is 13.2. The molecule has 0 spiro atoms. The standard InChI is InChI=1S/C19H20FNO2/c1-14-6-10-17(11-7-14)23-13-19(22)21(16-8-9-16)12-15-4-2-3-5-18(15)20/h2-7,10-11,16H,8-9,12-13H2,1H3. The fourth-order valence-corrected chi connectivity index (χ4v) is 2.48. The van der Waals surface area contributed by atoms with Crippen molar-refractivity contribution >= 4 is 5.91 Å². The van der Waals surface area contributed by atoms with Gasteiger partial charge in [-0.2, -0.15) is 0 Å². The maximum Gasteiger partial charge on any atom is 0.261 e. The lowest BCUT2D eigenvalue weighted by Crippen LogP contribution is -2.36. The summed E-state index contributed by atoms with van der Waals surface area (Å²) in [6, 6.07) is 14.4. The molecule has 0 unspecified atom stereocenters. The van der Waals surface area contributed by atoms with Crippen molar-refractivity contribution in [3.8, 4) is 5.75 Å². The van der Waals surface area contributed by atoms with Crippen LogP contribution in [-0.4, -0.2) is 23.5 Å². The second-order valence-electron chi connectivity index (χ2n) is 5.95. The number of aryl methyl sites for hydroxylation is 1. The first-order chi connectivity index (χ1) is 11.1. The highest BCUT2D eigenvalue weighted by Crippen LogP contribution is 2.29. The normalized spacial score (nSPS) is 13.7. The summed E-state index contributed by atoms with van der Waals surface area (Å²) in [5.41, 5.74) is 1.69. The topological polar surface area (TPSA) is 29.5 Å². The third-order valence-electron chi connectivity index (χ3n) is 3.99. The summed E-state index contributed by atoms with van der Waals surface area (Å²) >= 11 is 0. The Morgan fingerprint density at radius 1 is 1.17 bits per heavy atom. The average molecular weight is 313 g/mol. The minimum Gasteiger partial charge on any atom is -0.484 e. The van der Waals surface area contributed by atoms with Gasteiger partial charge in [-0.05, 0) is 38.0 Å². The first kappa shape index (κ1) is 15.5. The zero-order valence-electron chi connectivity index (χ0n) is 13.2. The number of benzene rings is 2. The molecule has 1 fully saturated rings. The molecule has 0 radical (unpaired) electrons. The lowest BCUT2D eigenvalue weighted by atomic mass is 10.2. The van der Waals surface area contributed by atoms with E-state index in [-0.39, 0.29) is 24.4 Å². The molecule has 0 atom stereocenters. The molecule has 2 aromatic rings. The van der Waals surface area contributed by atoms with E-state index >= 15 is 0 Å². The summed E-state index contributed by atoms with van der Waals surface area (Å²) in [5, 5.41) is 0. The molecule has 2 aromatic carbocycles. The van der Waals surface area contributed by atoms with E-state index in [1.807, 2.05) is 31.2 Å². The molecule has 1 aliphatic rings. The van der Waals surface area contributed by atoms with Crippen LogP contribution < -0.4 is 4.74 Å². The minimum atomic E-state index is -0.273. The molecule has 0 aromatic heterocycles. The molecular weight excluding hydrogens is 293 g/mol. The number of nitrogens with zero attached hydrogens (tertiary/aromatic N) is 1. The van der Waals surface area contributed by atoms with Gasteiger partial charge in [0, 0.05) is 18.2 Å². The van der Waals surface area contributed by atoms with Gasteiger partial charge in [0.25, 0.3) is 5.91 Å². The van der Waals surface area contributed by atoms with Crippen molar-refractivity contribution in [1.29, 1.82) is 0 Å². The maximum absolute atomic E-state index is 13.8. The van der Waals surface area contributed by atoms with E-state index in [9.17, 15) is 9.18 Å². The largest absolute Gasteiger partial charge is 0.484 e. The monoisotopic (exact) mass is 313 g/mol. The third-order valence-corrected chi connectivity index (χ3v) is 3.99. The van der Waals surface area contributed by atoms with Crippen molar-refractivity contribution in [3.05, 3.63) is 65.5 Å². The van der Waals surface area contributed by atoms with Gasteiger partial charge in [-0.15, -0.1) is 0 Å². The van der Waals surface area contributed by atoms with E-state index in [0.717, 1.165) is 18.4 Å². The second kappa shape index (κ2) is 6.82. The van der Waals surface area contributed by atoms with Gasteiger partial charge in [-0.1, -0.05) is 35.9 Å². The van der Waals surface area contributed by atoms with Gasteiger partial charge in [0.1, 0.15) is 11.6 Å². The van der Waals surface area contributed by atoms with Gasteiger partial charge < -0.3 is 9.64 Å². The molecule has 1 aliphatic carbocycles. The summed E-state index contributed by atoms with van der Waals surface area (Å²) in [6.45, 7) is 2.28. The van der Waals surface area contributed by atoms with E-state index in [0.29, 0.717) is 17.9 Å². The van der Waals surface area contributed by atoms with E-state index in [1.54, 1.807) is 23.1 Å². The van der Waals surface area contributed by atoms with Gasteiger partial charge in [0.15, 0.2) is 6.61 Å². The fraction of sp³-hybridized carbons (Fsp3) is 0.316. The zero-order chi connectivity index (χ0) is 16.2. The minimum absolute atomic E-state index is 0.0198. The first-order valence-corrected chi connectivity index (χ1v) is 7.86. The van der Waals surface area contributed by atoms with Gasteiger partial charge in [-0.3, -0.25) is 4.79 Å². The smallest absolute Gasteiger partial charge is 0.261 e. The molecule has 3 nitrogen and oxygen atoms in total. The molecule has 4 heteroatoms. The Labute approximate surface area is 135 Å². The molecule has 0 saturated heterocycles. The number of halogens is 1. The Hall–Kier alpha value is -2.36. The Bertz CT molecular complexity index is 680. The highest BCUT2D eigenvalue weighted by molar-refractivity contribution is 5.78. The highest BCUT2D eigenvalue weighted by atomic mass is 19.1. The van der Waals surface area contributed by atoms with Gasteiger partial charge in [0.05, 0.1) is 0 Å². The van der Waals surface area contributed by atoms with Crippen molar-refractivity contribution in [2.75, 3.05) is 6.61 Å². The van der Waals surface area contributed by atoms with E-state index < -0.39 is 0 Å². The molecule has 3 rings (SSSR count). The average Bonchev–Trinajstić information content (AvgIpc) is 3.38. The van der Waals surface area contributed by atoms with E-state index in [1.165, 1.54) is 6.07 Å². The van der Waals surface area contributed by atoms with Crippen LogP contribution in [0, 0.1) is 12.7 Å². The van der Waals surface area contributed by atoms with Crippen LogP contribution in [0.2, 0.25) is 0 Å². The Morgan fingerprint density at radius 2 is 1.87 bits per heavy atom. The van der Waals surface area contributed by atoms with Gasteiger partial charge >= 0.3 is 0 Å². The maximum atomic E-state index is 13.8.